The van der Waals surface area contributed by atoms with Gasteiger partial charge in [0.1, 0.15) is 5.82 Å². The van der Waals surface area contributed by atoms with Gasteiger partial charge in [-0.3, -0.25) is 4.79 Å². The molecule has 9 heteroatoms. The van der Waals surface area contributed by atoms with Gasteiger partial charge in [0.25, 0.3) is 5.91 Å². The van der Waals surface area contributed by atoms with Gasteiger partial charge in [0.2, 0.25) is 10.0 Å². The molecule has 0 fully saturated rings. The molecule has 3 N–H and O–H groups in total. The molecule has 0 unspecified atom stereocenters. The number of primary sulfonamides is 1. The molecule has 0 radical (unpaired) electrons. The average molecular weight is 423 g/mol. The molecule has 28 heavy (non-hydrogen) atoms. The van der Waals surface area contributed by atoms with Crippen molar-refractivity contribution < 1.29 is 22.3 Å². The predicted octanol–water partition coefficient (Wildman–Crippen LogP) is 3.70. The Bertz CT molecular complexity index is 1190. The van der Waals surface area contributed by atoms with Gasteiger partial charge < -0.3 is 10.1 Å². The number of methoxy groups -OCH3 is 1. The molecule has 0 saturated heterocycles. The Hall–Kier alpha value is -2.33. The average Bonchev–Trinajstić information content (AvgIpc) is 2.98. The number of sulfonamides is 1. The number of aryl methyl sites for hydroxylation is 1. The van der Waals surface area contributed by atoms with Crippen LogP contribution in [0.5, 0.6) is 0 Å². The molecule has 0 spiro atoms. The van der Waals surface area contributed by atoms with Crippen molar-refractivity contribution in [3.63, 3.8) is 0 Å². The quantitative estimate of drug-likeness (QED) is 0.655. The Labute approximate surface area is 166 Å². The summed E-state index contributed by atoms with van der Waals surface area (Å²) in [5, 5.41) is 8.31. The van der Waals surface area contributed by atoms with Crippen molar-refractivity contribution in [2.24, 2.45) is 5.14 Å². The number of carbonyl (C=O) groups is 1. The Balaban J connectivity index is 2.08. The van der Waals surface area contributed by atoms with E-state index in [1.54, 1.807) is 26.0 Å². The lowest BCUT2D eigenvalue weighted by Gasteiger charge is -2.13. The molecular weight excluding hydrogens is 403 g/mol. The fourth-order valence-corrected chi connectivity index (χ4v) is 4.67. The minimum atomic E-state index is -3.93. The number of hydrogen-bond acceptors (Lipinski definition) is 5. The highest BCUT2D eigenvalue weighted by Crippen LogP contribution is 2.34. The van der Waals surface area contributed by atoms with Gasteiger partial charge in [0.05, 0.1) is 16.4 Å². The summed E-state index contributed by atoms with van der Waals surface area (Å²) in [5.41, 5.74) is 2.16. The molecular formula is C19H19FN2O4S2. The molecule has 1 heterocycles. The molecule has 3 rings (SSSR count). The van der Waals surface area contributed by atoms with Crippen molar-refractivity contribution >= 4 is 43.0 Å². The lowest BCUT2D eigenvalue weighted by atomic mass is 10.1. The van der Waals surface area contributed by atoms with Gasteiger partial charge in [0, 0.05) is 28.4 Å². The van der Waals surface area contributed by atoms with Gasteiger partial charge >= 0.3 is 0 Å². The van der Waals surface area contributed by atoms with Crippen molar-refractivity contribution in [2.75, 3.05) is 12.4 Å². The third-order valence-electron chi connectivity index (χ3n) is 4.48. The van der Waals surface area contributed by atoms with Crippen molar-refractivity contribution in [2.45, 2.75) is 25.3 Å². The molecule has 0 aliphatic rings. The van der Waals surface area contributed by atoms with Crippen molar-refractivity contribution in [3.8, 4) is 0 Å². The van der Waals surface area contributed by atoms with Gasteiger partial charge in [-0.1, -0.05) is 6.07 Å². The number of benzene rings is 2. The second kappa shape index (κ2) is 7.59. The summed E-state index contributed by atoms with van der Waals surface area (Å²) >= 11 is 1.15. The second-order valence-corrected chi connectivity index (χ2v) is 8.98. The molecule has 2 aromatic carbocycles. The maximum absolute atomic E-state index is 14.3. The van der Waals surface area contributed by atoms with Crippen molar-refractivity contribution in [3.05, 3.63) is 57.7 Å². The van der Waals surface area contributed by atoms with Gasteiger partial charge in [-0.05, 0) is 49.2 Å². The van der Waals surface area contributed by atoms with Crippen LogP contribution >= 0.6 is 11.3 Å². The van der Waals surface area contributed by atoms with Crippen LogP contribution in [0.3, 0.4) is 0 Å². The SMILES string of the molecule is COCc1c(C(=O)Nc2cc(S(N)(=O)=O)cc(C)c2C)sc2cccc(F)c12. The first-order chi connectivity index (χ1) is 13.1. The summed E-state index contributed by atoms with van der Waals surface area (Å²) < 4.78 is 43.5. The van der Waals surface area contributed by atoms with Crippen LogP contribution in [0.1, 0.15) is 26.4 Å². The van der Waals surface area contributed by atoms with E-state index in [1.807, 2.05) is 0 Å². The lowest BCUT2D eigenvalue weighted by Crippen LogP contribution is -2.16. The minimum Gasteiger partial charge on any atom is -0.380 e. The first kappa shape index (κ1) is 20.4. The van der Waals surface area contributed by atoms with Gasteiger partial charge in [0.15, 0.2) is 0 Å². The van der Waals surface area contributed by atoms with Crippen LogP contribution in [0.4, 0.5) is 10.1 Å². The monoisotopic (exact) mass is 422 g/mol. The zero-order valence-electron chi connectivity index (χ0n) is 15.5. The maximum Gasteiger partial charge on any atom is 0.266 e. The smallest absolute Gasteiger partial charge is 0.266 e. The Morgan fingerprint density at radius 1 is 1.29 bits per heavy atom. The van der Waals surface area contributed by atoms with Crippen molar-refractivity contribution in [1.82, 2.24) is 0 Å². The third kappa shape index (κ3) is 3.79. The largest absolute Gasteiger partial charge is 0.380 e. The highest BCUT2D eigenvalue weighted by molar-refractivity contribution is 7.89. The first-order valence-electron chi connectivity index (χ1n) is 8.27. The summed E-state index contributed by atoms with van der Waals surface area (Å²) in [6, 6.07) is 7.41. The molecule has 0 atom stereocenters. The highest BCUT2D eigenvalue weighted by Gasteiger charge is 2.22. The van der Waals surface area contributed by atoms with Gasteiger partial charge in [-0.25, -0.2) is 17.9 Å². The summed E-state index contributed by atoms with van der Waals surface area (Å²) in [4.78, 5) is 13.2. The van der Waals surface area contributed by atoms with E-state index in [0.29, 0.717) is 37.3 Å². The number of anilines is 1. The number of ether oxygens (including phenoxy) is 1. The zero-order chi connectivity index (χ0) is 20.6. The molecule has 148 valence electrons. The third-order valence-corrected chi connectivity index (χ3v) is 6.56. The zero-order valence-corrected chi connectivity index (χ0v) is 17.1. The van der Waals surface area contributed by atoms with Crippen LogP contribution in [-0.2, 0) is 21.4 Å². The van der Waals surface area contributed by atoms with Crippen LogP contribution in [0.15, 0.2) is 35.2 Å². The van der Waals surface area contributed by atoms with Crippen LogP contribution in [0, 0.1) is 19.7 Å². The molecule has 3 aromatic rings. The summed E-state index contributed by atoms with van der Waals surface area (Å²) in [5.74, 6) is -0.898. The highest BCUT2D eigenvalue weighted by atomic mass is 32.2. The number of rotatable bonds is 5. The number of thiophene rings is 1. The van der Waals surface area contributed by atoms with E-state index in [4.69, 9.17) is 9.88 Å². The lowest BCUT2D eigenvalue weighted by molar-refractivity contribution is 0.102. The minimum absolute atomic E-state index is 0.0684. The molecule has 6 nitrogen and oxygen atoms in total. The number of carbonyl (C=O) groups excluding carboxylic acids is 1. The predicted molar refractivity (Wildman–Crippen MR) is 108 cm³/mol. The van der Waals surface area contributed by atoms with Gasteiger partial charge in [-0.15, -0.1) is 11.3 Å². The molecule has 1 amide bonds. The summed E-state index contributed by atoms with van der Waals surface area (Å²) in [7, 11) is -2.46. The standard InChI is InChI=1S/C19H19FN2O4S2/c1-10-7-12(28(21,24)25)8-15(11(10)2)22-19(23)18-13(9-26-3)17-14(20)5-4-6-16(17)27-18/h4-8H,9H2,1-3H3,(H,22,23)(H2,21,24,25). The van der Waals surface area contributed by atoms with E-state index < -0.39 is 21.7 Å². The molecule has 0 bridgehead atoms. The van der Waals surface area contributed by atoms with E-state index >= 15 is 0 Å². The van der Waals surface area contributed by atoms with E-state index in [2.05, 4.69) is 5.32 Å². The number of amides is 1. The maximum atomic E-state index is 14.3. The van der Waals surface area contributed by atoms with E-state index in [-0.39, 0.29) is 11.5 Å². The Morgan fingerprint density at radius 3 is 2.64 bits per heavy atom. The fraction of sp³-hybridized carbons (Fsp3) is 0.211. The van der Waals surface area contributed by atoms with E-state index in [1.165, 1.54) is 25.3 Å². The normalized spacial score (nSPS) is 11.8. The molecule has 1 aromatic heterocycles. The number of fused-ring (bicyclic) bond motifs is 1. The van der Waals surface area contributed by atoms with Crippen LogP contribution in [0.25, 0.3) is 10.1 Å². The number of nitrogens with two attached hydrogens (primary N) is 1. The van der Waals surface area contributed by atoms with Crippen LogP contribution in [-0.4, -0.2) is 21.4 Å². The summed E-state index contributed by atoms with van der Waals surface area (Å²) in [6.45, 7) is 3.56. The van der Waals surface area contributed by atoms with E-state index in [0.717, 1.165) is 11.3 Å². The topological polar surface area (TPSA) is 98.5 Å². The summed E-state index contributed by atoms with van der Waals surface area (Å²) in [6.07, 6.45) is 0. The Morgan fingerprint density at radius 2 is 2.00 bits per heavy atom. The fourth-order valence-electron chi connectivity index (χ4n) is 2.93. The van der Waals surface area contributed by atoms with Crippen molar-refractivity contribution in [1.29, 1.82) is 0 Å². The number of hydrogen-bond donors (Lipinski definition) is 2. The van der Waals surface area contributed by atoms with E-state index in [9.17, 15) is 17.6 Å². The number of halogens is 1. The Kier molecular flexibility index (Phi) is 5.53. The number of nitrogens with one attached hydrogen (secondary N) is 1. The molecule has 0 aliphatic heterocycles. The molecule has 0 aliphatic carbocycles. The van der Waals surface area contributed by atoms with Crippen LogP contribution in [0.2, 0.25) is 0 Å². The van der Waals surface area contributed by atoms with Crippen LogP contribution < -0.4 is 10.5 Å². The second-order valence-electron chi connectivity index (χ2n) is 6.37. The molecule has 0 saturated carbocycles. The first-order valence-corrected chi connectivity index (χ1v) is 10.6. The van der Waals surface area contributed by atoms with Gasteiger partial charge in [-0.2, -0.15) is 0 Å².